The highest BCUT2D eigenvalue weighted by Crippen LogP contribution is 2.34. The molecule has 1 aliphatic carbocycles. The van der Waals surface area contributed by atoms with E-state index in [2.05, 4.69) is 11.4 Å². The molecule has 0 spiro atoms. The molecule has 0 bridgehead atoms. The zero-order valence-corrected chi connectivity index (χ0v) is 11.5. The zero-order valence-electron chi connectivity index (χ0n) is 10.7. The van der Waals surface area contributed by atoms with Gasteiger partial charge in [0.25, 0.3) is 0 Å². The molecule has 0 fully saturated rings. The Morgan fingerprint density at radius 1 is 1.15 bits per heavy atom. The van der Waals surface area contributed by atoms with Gasteiger partial charge in [-0.15, -0.1) is 11.6 Å². The van der Waals surface area contributed by atoms with Crippen molar-refractivity contribution in [3.05, 3.63) is 70.8 Å². The Morgan fingerprint density at radius 3 is 2.75 bits per heavy atom. The lowest BCUT2D eigenvalue weighted by Crippen LogP contribution is -2.25. The summed E-state index contributed by atoms with van der Waals surface area (Å²) in [6, 6.07) is 11.7. The number of hydrogen-bond donors (Lipinski definition) is 1. The predicted octanol–water partition coefficient (Wildman–Crippen LogP) is 3.96. The molecule has 2 aromatic rings. The van der Waals surface area contributed by atoms with Gasteiger partial charge in [0.2, 0.25) is 0 Å². The lowest BCUT2D eigenvalue weighted by molar-refractivity contribution is 0.512. The molecule has 1 N–H and O–H groups in total. The summed E-state index contributed by atoms with van der Waals surface area (Å²) in [6.45, 7) is 0.328. The van der Waals surface area contributed by atoms with Crippen LogP contribution in [0.3, 0.4) is 0 Å². The summed E-state index contributed by atoms with van der Waals surface area (Å²) in [6.07, 6.45) is 0.807. The van der Waals surface area contributed by atoms with Gasteiger partial charge in [-0.2, -0.15) is 0 Å². The fourth-order valence-corrected chi connectivity index (χ4v) is 3.06. The van der Waals surface area contributed by atoms with E-state index in [1.165, 1.54) is 17.7 Å². The van der Waals surface area contributed by atoms with E-state index in [-0.39, 0.29) is 11.4 Å². The molecule has 2 atom stereocenters. The first-order valence-corrected chi connectivity index (χ1v) is 6.98. The van der Waals surface area contributed by atoms with Gasteiger partial charge < -0.3 is 5.32 Å². The molecular weight excluding hydrogens is 280 g/mol. The molecule has 104 valence electrons. The maximum absolute atomic E-state index is 13.6. The molecule has 0 saturated carbocycles. The first kappa shape index (κ1) is 13.5. The number of nitrogens with one attached hydrogen (secondary N) is 1. The molecule has 0 saturated heterocycles. The summed E-state index contributed by atoms with van der Waals surface area (Å²) in [5.74, 6) is -1.09. The average molecular weight is 294 g/mol. The van der Waals surface area contributed by atoms with Gasteiger partial charge in [-0.25, -0.2) is 8.78 Å². The Hall–Kier alpha value is -1.45. The van der Waals surface area contributed by atoms with Crippen LogP contribution in [0, 0.1) is 11.6 Å². The van der Waals surface area contributed by atoms with E-state index in [4.69, 9.17) is 11.6 Å². The second-order valence-corrected chi connectivity index (χ2v) is 5.57. The van der Waals surface area contributed by atoms with Crippen LogP contribution in [-0.4, -0.2) is 5.38 Å². The predicted molar refractivity (Wildman–Crippen MR) is 75.7 cm³/mol. The van der Waals surface area contributed by atoms with Crippen molar-refractivity contribution in [3.8, 4) is 0 Å². The maximum Gasteiger partial charge on any atom is 0.130 e. The third-order valence-electron chi connectivity index (χ3n) is 3.69. The zero-order chi connectivity index (χ0) is 14.1. The summed E-state index contributed by atoms with van der Waals surface area (Å²) < 4.78 is 26.5. The molecule has 1 nitrogen and oxygen atoms in total. The Kier molecular flexibility index (Phi) is 3.72. The molecule has 1 aliphatic rings. The second-order valence-electron chi connectivity index (χ2n) is 5.01. The summed E-state index contributed by atoms with van der Waals surface area (Å²) in [4.78, 5) is 0. The Balaban J connectivity index is 1.75. The molecule has 20 heavy (non-hydrogen) atoms. The topological polar surface area (TPSA) is 12.0 Å². The molecule has 4 heteroatoms. The molecular formula is C16H14ClF2N. The number of rotatable bonds is 3. The SMILES string of the molecule is Fc1ccc(CNC2c3ccccc3CC2Cl)c(F)c1. The Morgan fingerprint density at radius 2 is 1.95 bits per heavy atom. The van der Waals surface area contributed by atoms with Crippen molar-refractivity contribution < 1.29 is 8.78 Å². The van der Waals surface area contributed by atoms with Crippen molar-refractivity contribution in [2.75, 3.05) is 0 Å². The van der Waals surface area contributed by atoms with Crippen molar-refractivity contribution in [2.24, 2.45) is 0 Å². The fraction of sp³-hybridized carbons (Fsp3) is 0.250. The van der Waals surface area contributed by atoms with Gasteiger partial charge in [0.1, 0.15) is 11.6 Å². The standard InChI is InChI=1S/C16H14ClF2N/c17-14-7-10-3-1-2-4-13(10)16(14)20-9-11-5-6-12(18)8-15(11)19/h1-6,8,14,16,20H,7,9H2. The number of hydrogen-bond acceptors (Lipinski definition) is 1. The van der Waals surface area contributed by atoms with Crippen LogP contribution in [-0.2, 0) is 13.0 Å². The number of halogens is 3. The van der Waals surface area contributed by atoms with E-state index in [0.717, 1.165) is 18.1 Å². The van der Waals surface area contributed by atoms with Crippen molar-refractivity contribution in [1.82, 2.24) is 5.32 Å². The maximum atomic E-state index is 13.6. The lowest BCUT2D eigenvalue weighted by Gasteiger charge is -2.17. The van der Waals surface area contributed by atoms with Gasteiger partial charge in [0.15, 0.2) is 0 Å². The van der Waals surface area contributed by atoms with Gasteiger partial charge in [-0.3, -0.25) is 0 Å². The first-order valence-electron chi connectivity index (χ1n) is 6.54. The summed E-state index contributed by atoms with van der Waals surface area (Å²) in [5, 5.41) is 3.22. The van der Waals surface area contributed by atoms with Crippen LogP contribution in [0.15, 0.2) is 42.5 Å². The van der Waals surface area contributed by atoms with E-state index in [1.807, 2.05) is 18.2 Å². The summed E-state index contributed by atoms with van der Waals surface area (Å²) in [5.41, 5.74) is 2.83. The van der Waals surface area contributed by atoms with E-state index in [9.17, 15) is 8.78 Å². The largest absolute Gasteiger partial charge is 0.304 e. The normalized spacial score (nSPS) is 20.9. The average Bonchev–Trinajstić information content (AvgIpc) is 2.74. The van der Waals surface area contributed by atoms with Crippen LogP contribution >= 0.6 is 11.6 Å². The minimum absolute atomic E-state index is 0.00248. The molecule has 3 rings (SSSR count). The third kappa shape index (κ3) is 2.56. The third-order valence-corrected chi connectivity index (χ3v) is 4.10. The molecule has 0 amide bonds. The number of benzene rings is 2. The van der Waals surface area contributed by atoms with Crippen molar-refractivity contribution in [2.45, 2.75) is 24.4 Å². The molecule has 0 heterocycles. The van der Waals surface area contributed by atoms with E-state index >= 15 is 0 Å². The fourth-order valence-electron chi connectivity index (χ4n) is 2.67. The first-order chi connectivity index (χ1) is 9.65. The van der Waals surface area contributed by atoms with Gasteiger partial charge in [0, 0.05) is 24.2 Å². The molecule has 0 aromatic heterocycles. The molecule has 0 aliphatic heterocycles. The van der Waals surface area contributed by atoms with E-state index < -0.39 is 11.6 Å². The van der Waals surface area contributed by atoms with E-state index in [0.29, 0.717) is 12.1 Å². The van der Waals surface area contributed by atoms with Gasteiger partial charge in [0.05, 0.1) is 5.38 Å². The van der Waals surface area contributed by atoms with Crippen LogP contribution in [0.1, 0.15) is 22.7 Å². The monoisotopic (exact) mass is 293 g/mol. The van der Waals surface area contributed by atoms with E-state index in [1.54, 1.807) is 0 Å². The molecule has 2 unspecified atom stereocenters. The van der Waals surface area contributed by atoms with Crippen LogP contribution in [0.5, 0.6) is 0 Å². The highest BCUT2D eigenvalue weighted by atomic mass is 35.5. The van der Waals surface area contributed by atoms with Gasteiger partial charge >= 0.3 is 0 Å². The Bertz CT molecular complexity index is 630. The van der Waals surface area contributed by atoms with Crippen LogP contribution < -0.4 is 5.32 Å². The summed E-state index contributed by atoms with van der Waals surface area (Å²) >= 11 is 6.36. The molecule has 0 radical (unpaired) electrons. The molecule has 2 aromatic carbocycles. The van der Waals surface area contributed by atoms with Crippen molar-refractivity contribution >= 4 is 11.6 Å². The highest BCUT2D eigenvalue weighted by molar-refractivity contribution is 6.21. The highest BCUT2D eigenvalue weighted by Gasteiger charge is 2.30. The second kappa shape index (κ2) is 5.51. The quantitative estimate of drug-likeness (QED) is 0.845. The minimum atomic E-state index is -0.562. The lowest BCUT2D eigenvalue weighted by atomic mass is 10.1. The number of fused-ring (bicyclic) bond motifs is 1. The van der Waals surface area contributed by atoms with Crippen molar-refractivity contribution in [1.29, 1.82) is 0 Å². The Labute approximate surface area is 121 Å². The summed E-state index contributed by atoms with van der Waals surface area (Å²) in [7, 11) is 0. The van der Waals surface area contributed by atoms with Crippen LogP contribution in [0.4, 0.5) is 8.78 Å². The van der Waals surface area contributed by atoms with Crippen molar-refractivity contribution in [3.63, 3.8) is 0 Å². The van der Waals surface area contributed by atoms with Crippen LogP contribution in [0.2, 0.25) is 0 Å². The van der Waals surface area contributed by atoms with Crippen LogP contribution in [0.25, 0.3) is 0 Å². The smallest absolute Gasteiger partial charge is 0.130 e. The minimum Gasteiger partial charge on any atom is -0.304 e. The number of alkyl halides is 1. The van der Waals surface area contributed by atoms with Gasteiger partial charge in [-0.1, -0.05) is 30.3 Å². The van der Waals surface area contributed by atoms with Gasteiger partial charge in [-0.05, 0) is 23.6 Å².